The number of hydrogen-bond donors (Lipinski definition) is 0. The molecule has 0 bridgehead atoms. The lowest BCUT2D eigenvalue weighted by molar-refractivity contribution is -0.131. The second kappa shape index (κ2) is 7.35. The molecular weight excluding hydrogens is 358 g/mol. The Kier molecular flexibility index (Phi) is 5.18. The molecule has 1 aliphatic heterocycles. The van der Waals surface area contributed by atoms with Crippen molar-refractivity contribution < 1.29 is 13.2 Å². The Bertz CT molecular complexity index is 893. The van der Waals surface area contributed by atoms with Crippen LogP contribution in [0.15, 0.2) is 46.7 Å². The summed E-state index contributed by atoms with van der Waals surface area (Å²) in [6.07, 6.45) is 0.349. The summed E-state index contributed by atoms with van der Waals surface area (Å²) in [6, 6.07) is 11.9. The van der Waals surface area contributed by atoms with Crippen LogP contribution in [0.2, 0.25) is 0 Å². The molecule has 0 atom stereocenters. The zero-order chi connectivity index (χ0) is 17.9. The average Bonchev–Trinajstić information content (AvgIpc) is 3.14. The van der Waals surface area contributed by atoms with Crippen molar-refractivity contribution in [2.45, 2.75) is 11.3 Å². The van der Waals surface area contributed by atoms with Gasteiger partial charge in [-0.1, -0.05) is 18.2 Å². The average molecular weight is 375 g/mol. The normalized spacial score (nSPS) is 15.7. The van der Waals surface area contributed by atoms with E-state index in [2.05, 4.69) is 0 Å². The summed E-state index contributed by atoms with van der Waals surface area (Å²) in [5.74, 6) is 0.0110. The third-order valence-corrected chi connectivity index (χ3v) is 6.96. The fraction of sp³-hybridized carbons (Fsp3) is 0.294. The number of carbonyl (C=O) groups is 1. The number of piperazine rings is 1. The van der Waals surface area contributed by atoms with E-state index in [1.807, 2.05) is 23.6 Å². The minimum atomic E-state index is -3.73. The highest BCUT2D eigenvalue weighted by Crippen LogP contribution is 2.21. The third kappa shape index (κ3) is 3.74. The molecule has 1 saturated heterocycles. The number of nitriles is 1. The van der Waals surface area contributed by atoms with Gasteiger partial charge in [0.05, 0.1) is 16.9 Å². The van der Waals surface area contributed by atoms with Crippen molar-refractivity contribution in [2.24, 2.45) is 0 Å². The van der Waals surface area contributed by atoms with Crippen molar-refractivity contribution in [3.63, 3.8) is 0 Å². The van der Waals surface area contributed by atoms with Gasteiger partial charge in [-0.25, -0.2) is 8.42 Å². The van der Waals surface area contributed by atoms with Gasteiger partial charge in [-0.15, -0.1) is 11.3 Å². The van der Waals surface area contributed by atoms with E-state index in [4.69, 9.17) is 5.26 Å². The zero-order valence-electron chi connectivity index (χ0n) is 13.5. The quantitative estimate of drug-likeness (QED) is 0.814. The molecule has 1 aromatic heterocycles. The lowest BCUT2D eigenvalue weighted by Gasteiger charge is -2.34. The summed E-state index contributed by atoms with van der Waals surface area (Å²) in [5.41, 5.74) is 0.138. The van der Waals surface area contributed by atoms with Gasteiger partial charge < -0.3 is 4.90 Å². The van der Waals surface area contributed by atoms with Gasteiger partial charge in [0.25, 0.3) is 0 Å². The number of rotatable bonds is 4. The van der Waals surface area contributed by atoms with E-state index in [9.17, 15) is 13.2 Å². The monoisotopic (exact) mass is 375 g/mol. The van der Waals surface area contributed by atoms with E-state index in [-0.39, 0.29) is 29.5 Å². The Morgan fingerprint density at radius 2 is 1.84 bits per heavy atom. The van der Waals surface area contributed by atoms with E-state index >= 15 is 0 Å². The Hall–Kier alpha value is -2.21. The topological polar surface area (TPSA) is 81.5 Å². The summed E-state index contributed by atoms with van der Waals surface area (Å²) >= 11 is 1.54. The van der Waals surface area contributed by atoms with Crippen molar-refractivity contribution in [3.8, 4) is 6.07 Å². The van der Waals surface area contributed by atoms with Crippen LogP contribution in [0.1, 0.15) is 10.4 Å². The number of nitrogens with zero attached hydrogens (tertiary/aromatic N) is 3. The van der Waals surface area contributed by atoms with Gasteiger partial charge in [-0.2, -0.15) is 9.57 Å². The molecule has 130 valence electrons. The summed E-state index contributed by atoms with van der Waals surface area (Å²) in [5, 5.41) is 11.1. The molecule has 1 amide bonds. The molecule has 0 spiro atoms. The predicted octanol–water partition coefficient (Wildman–Crippen LogP) is 1.70. The lowest BCUT2D eigenvalue weighted by Crippen LogP contribution is -2.50. The fourth-order valence-electron chi connectivity index (χ4n) is 2.77. The Morgan fingerprint density at radius 3 is 2.48 bits per heavy atom. The smallest absolute Gasteiger partial charge is 0.244 e. The first kappa shape index (κ1) is 17.6. The molecule has 1 fully saturated rings. The van der Waals surface area contributed by atoms with Crippen LogP contribution in [0.25, 0.3) is 0 Å². The number of sulfonamides is 1. The number of carbonyl (C=O) groups excluding carboxylic acids is 1. The minimum Gasteiger partial charge on any atom is -0.340 e. The highest BCUT2D eigenvalue weighted by atomic mass is 32.2. The van der Waals surface area contributed by atoms with E-state index < -0.39 is 10.0 Å². The van der Waals surface area contributed by atoms with Gasteiger partial charge in [0.15, 0.2) is 0 Å². The van der Waals surface area contributed by atoms with Crippen LogP contribution >= 0.6 is 11.3 Å². The highest BCUT2D eigenvalue weighted by Gasteiger charge is 2.31. The largest absolute Gasteiger partial charge is 0.340 e. The van der Waals surface area contributed by atoms with Crippen LogP contribution in [0.3, 0.4) is 0 Å². The molecule has 0 unspecified atom stereocenters. The maximum absolute atomic E-state index is 12.8. The van der Waals surface area contributed by atoms with Crippen molar-refractivity contribution in [1.29, 1.82) is 5.26 Å². The standard InChI is InChI=1S/C17H17N3O3S2/c18-13-14-4-1-2-6-16(14)25(22,23)20-9-7-19(8-10-20)17(21)12-15-5-3-11-24-15/h1-6,11H,7-10,12H2. The summed E-state index contributed by atoms with van der Waals surface area (Å²) in [4.78, 5) is 15.0. The number of thiophene rings is 1. The molecule has 25 heavy (non-hydrogen) atoms. The van der Waals surface area contributed by atoms with Gasteiger partial charge in [-0.05, 0) is 23.6 Å². The third-order valence-electron chi connectivity index (χ3n) is 4.12. The van der Waals surface area contributed by atoms with Gasteiger partial charge in [-0.3, -0.25) is 4.79 Å². The number of amides is 1. The molecule has 2 aromatic rings. The highest BCUT2D eigenvalue weighted by molar-refractivity contribution is 7.89. The molecule has 0 N–H and O–H groups in total. The van der Waals surface area contributed by atoms with Gasteiger partial charge >= 0.3 is 0 Å². The van der Waals surface area contributed by atoms with Crippen molar-refractivity contribution in [3.05, 3.63) is 52.2 Å². The maximum atomic E-state index is 12.8. The van der Waals surface area contributed by atoms with E-state index in [1.165, 1.54) is 27.8 Å². The Labute approximate surface area is 151 Å². The molecule has 3 rings (SSSR count). The zero-order valence-corrected chi connectivity index (χ0v) is 15.1. The minimum absolute atomic E-state index is 0.0110. The predicted molar refractivity (Wildman–Crippen MR) is 94.5 cm³/mol. The van der Waals surface area contributed by atoms with Crippen LogP contribution in [0, 0.1) is 11.3 Å². The molecule has 0 radical (unpaired) electrons. The lowest BCUT2D eigenvalue weighted by atomic mass is 10.2. The first-order valence-corrected chi connectivity index (χ1v) is 10.1. The van der Waals surface area contributed by atoms with Gasteiger partial charge in [0, 0.05) is 31.1 Å². The molecule has 8 heteroatoms. The molecule has 2 heterocycles. The van der Waals surface area contributed by atoms with Crippen LogP contribution in [-0.2, 0) is 21.2 Å². The maximum Gasteiger partial charge on any atom is 0.244 e. The molecule has 1 aromatic carbocycles. The van der Waals surface area contributed by atoms with Crippen molar-refractivity contribution in [1.82, 2.24) is 9.21 Å². The molecule has 6 nitrogen and oxygen atoms in total. The van der Waals surface area contributed by atoms with Crippen LogP contribution in [0.5, 0.6) is 0 Å². The second-order valence-electron chi connectivity index (χ2n) is 5.65. The first-order valence-electron chi connectivity index (χ1n) is 7.82. The van der Waals surface area contributed by atoms with E-state index in [1.54, 1.807) is 17.0 Å². The van der Waals surface area contributed by atoms with Crippen LogP contribution in [0.4, 0.5) is 0 Å². The number of hydrogen-bond acceptors (Lipinski definition) is 5. The first-order chi connectivity index (χ1) is 12.0. The van der Waals surface area contributed by atoms with Gasteiger partial charge in [0.2, 0.25) is 15.9 Å². The second-order valence-corrected chi connectivity index (χ2v) is 8.59. The SMILES string of the molecule is N#Cc1ccccc1S(=O)(=O)N1CCN(C(=O)Cc2cccs2)CC1. The Morgan fingerprint density at radius 1 is 1.12 bits per heavy atom. The van der Waals surface area contributed by atoms with Crippen molar-refractivity contribution in [2.75, 3.05) is 26.2 Å². The summed E-state index contributed by atoms with van der Waals surface area (Å²) in [7, 11) is -3.73. The van der Waals surface area contributed by atoms with Gasteiger partial charge in [0.1, 0.15) is 6.07 Å². The van der Waals surface area contributed by atoms with Crippen LogP contribution in [-0.4, -0.2) is 49.7 Å². The van der Waals surface area contributed by atoms with E-state index in [0.29, 0.717) is 19.5 Å². The summed E-state index contributed by atoms with van der Waals surface area (Å²) < 4.78 is 26.9. The Balaban J connectivity index is 1.67. The van der Waals surface area contributed by atoms with Crippen molar-refractivity contribution >= 4 is 27.3 Å². The molecular formula is C17H17N3O3S2. The molecule has 1 aliphatic rings. The molecule has 0 saturated carbocycles. The number of benzene rings is 1. The van der Waals surface area contributed by atoms with E-state index in [0.717, 1.165) is 4.88 Å². The van der Waals surface area contributed by atoms with Crippen LogP contribution < -0.4 is 0 Å². The summed E-state index contributed by atoms with van der Waals surface area (Å²) in [6.45, 7) is 1.19. The molecule has 0 aliphatic carbocycles. The fourth-order valence-corrected chi connectivity index (χ4v) is 5.04.